The monoisotopic (exact) mass is 676 g/mol. The molecule has 2 aliphatic rings. The van der Waals surface area contributed by atoms with Gasteiger partial charge in [0.2, 0.25) is 2.82 Å². The third kappa shape index (κ3) is 4.74. The van der Waals surface area contributed by atoms with Crippen molar-refractivity contribution in [1.29, 1.82) is 11.0 Å². The van der Waals surface area contributed by atoms with Gasteiger partial charge >= 0.3 is 11.9 Å². The molecule has 0 saturated heterocycles. The van der Waals surface area contributed by atoms with Gasteiger partial charge in [0.05, 0.1) is 22.8 Å². The summed E-state index contributed by atoms with van der Waals surface area (Å²) in [5, 5.41) is 29.7. The van der Waals surface area contributed by atoms with Crippen LogP contribution in [0, 0.1) is 11.0 Å². The van der Waals surface area contributed by atoms with Crippen molar-refractivity contribution in [2.24, 2.45) is 21.7 Å². The van der Waals surface area contributed by atoms with E-state index in [1.54, 1.807) is 60.7 Å². The molecule has 48 heavy (non-hydrogen) atoms. The average molecular weight is 677 g/mol. The predicted molar refractivity (Wildman–Crippen MR) is 187 cm³/mol. The van der Waals surface area contributed by atoms with Crippen molar-refractivity contribution >= 4 is 46.9 Å². The molecule has 0 amide bonds. The number of hydrogen-bond acceptors (Lipinski definition) is 10. The minimum absolute atomic E-state index is 0.0920. The second kappa shape index (κ2) is 12.4. The van der Waals surface area contributed by atoms with Crippen LogP contribution in [0.2, 0.25) is 2.82 Å². The molecule has 8 N–H and O–H groups in total. The van der Waals surface area contributed by atoms with Crippen LogP contribution in [0.1, 0.15) is 46.2 Å². The van der Waals surface area contributed by atoms with E-state index in [9.17, 15) is 19.8 Å². The first-order chi connectivity index (χ1) is 24.1. The summed E-state index contributed by atoms with van der Waals surface area (Å²) < 4.78 is 14.7. The molecule has 0 aliphatic heterocycles. The molecular formula is C36H32N6O4S2. The molecule has 0 radical (unpaired) electrons. The smallest absolute Gasteiger partial charge is 0.319 e. The highest BCUT2D eigenvalue weighted by atomic mass is 32.2. The van der Waals surface area contributed by atoms with Crippen LogP contribution in [0.3, 0.4) is 0 Å². The summed E-state index contributed by atoms with van der Waals surface area (Å²) in [4.78, 5) is 28.2. The van der Waals surface area contributed by atoms with Gasteiger partial charge in [-0.15, -0.1) is 23.5 Å². The molecular weight excluding hydrogens is 645 g/mol. The van der Waals surface area contributed by atoms with E-state index in [1.165, 1.54) is 23.5 Å². The lowest BCUT2D eigenvalue weighted by atomic mass is 9.66. The van der Waals surface area contributed by atoms with Crippen molar-refractivity contribution in [3.8, 4) is 11.1 Å². The van der Waals surface area contributed by atoms with Gasteiger partial charge in [0.1, 0.15) is 10.8 Å². The van der Waals surface area contributed by atoms with E-state index >= 15 is 0 Å². The van der Waals surface area contributed by atoms with E-state index in [4.69, 9.17) is 14.3 Å². The summed E-state index contributed by atoms with van der Waals surface area (Å²) in [6.07, 6.45) is 3.57. The molecule has 2 atom stereocenters. The number of nitrogens with zero attached hydrogens (tertiary/aromatic N) is 2. The van der Waals surface area contributed by atoms with Gasteiger partial charge in [0.15, 0.2) is 0 Å². The number of nitrogens with two attached hydrogens (primary N) is 2. The second-order valence-electron chi connectivity index (χ2n) is 11.6. The van der Waals surface area contributed by atoms with E-state index in [0.29, 0.717) is 43.2 Å². The minimum atomic E-state index is -1.56. The Morgan fingerprint density at radius 1 is 0.688 bits per heavy atom. The molecule has 0 fully saturated rings. The zero-order valence-corrected chi connectivity index (χ0v) is 27.6. The fourth-order valence-electron chi connectivity index (χ4n) is 7.09. The van der Waals surface area contributed by atoms with Crippen LogP contribution in [-0.2, 0) is 20.4 Å². The van der Waals surface area contributed by atoms with Crippen molar-refractivity contribution in [1.82, 2.24) is 0 Å². The van der Waals surface area contributed by atoms with Gasteiger partial charge in [-0.25, -0.2) is 11.0 Å². The number of carboxylic acids is 2. The molecule has 10 nitrogen and oxygen atoms in total. The van der Waals surface area contributed by atoms with Gasteiger partial charge in [-0.3, -0.25) is 9.59 Å². The van der Waals surface area contributed by atoms with Crippen LogP contribution in [0.5, 0.6) is 0 Å². The molecule has 4 aromatic rings. The molecule has 2 unspecified atom stereocenters. The molecule has 0 heterocycles. The van der Waals surface area contributed by atoms with Crippen molar-refractivity contribution < 1.29 is 22.6 Å². The number of carboxylic acid groups (broad SMARTS) is 2. The molecule has 0 aromatic heterocycles. The zero-order chi connectivity index (χ0) is 35.8. The fraction of sp³-hybridized carbons (Fsp3) is 0.167. The van der Waals surface area contributed by atoms with Gasteiger partial charge in [0, 0.05) is 33.8 Å². The summed E-state index contributed by atoms with van der Waals surface area (Å²) in [6, 6.07) is 25.3. The topological polar surface area (TPSA) is 199 Å². The summed E-state index contributed by atoms with van der Waals surface area (Å²) in [5.41, 5.74) is 21.8. The Balaban J connectivity index is 1.51. The maximum Gasteiger partial charge on any atom is 0.319 e. The van der Waals surface area contributed by atoms with Crippen LogP contribution in [0.15, 0.2) is 116 Å². The lowest BCUT2D eigenvalue weighted by molar-refractivity contribution is -0.143. The summed E-state index contributed by atoms with van der Waals surface area (Å²) >= 11 is 2.81. The summed E-state index contributed by atoms with van der Waals surface area (Å²) in [7, 11) is 0. The summed E-state index contributed by atoms with van der Waals surface area (Å²) in [6.45, 7) is 0. The molecule has 242 valence electrons. The SMILES string of the molecule is [H]/N=N/C1=C(N)c2ccccc2C(C(=O)O)(c2ccc(-c3ccc(C4(C(=O)O)CC(/N=N/[H])=C(N)c5ccccc54)c(SC)c3)cc2SC)C1. The number of nitrogens with one attached hydrogen (secondary N) is 2. The van der Waals surface area contributed by atoms with Crippen molar-refractivity contribution in [3.05, 3.63) is 130 Å². The molecule has 6 rings (SSSR count). The highest BCUT2D eigenvalue weighted by Gasteiger charge is 2.50. The van der Waals surface area contributed by atoms with Crippen LogP contribution in [0.25, 0.3) is 22.5 Å². The highest BCUT2D eigenvalue weighted by Crippen LogP contribution is 2.51. The Morgan fingerprint density at radius 3 is 1.44 bits per heavy atom. The van der Waals surface area contributed by atoms with E-state index < -0.39 is 22.8 Å². The van der Waals surface area contributed by atoms with E-state index in [2.05, 4.69) is 21.3 Å². The highest BCUT2D eigenvalue weighted by molar-refractivity contribution is 7.98. The first-order valence-electron chi connectivity index (χ1n) is 15.7. The number of thioether (sulfide) groups is 2. The number of benzene rings is 4. The standard InChI is InChI=1S/C36H32N6O4S2/c1-47-29-15-19(11-13-25(29)35(33(43)44)17-27(41-39)31(37)21-7-3-5-9-23(21)35)20-12-14-26(30(16-20)48-2)36(34(45)46)18-28(42-40)32(38)22-8-4-6-10-24(22)36/h3-16,39-40H,17-18,37-38H2,1-2H3,(H,43,44)(H,45,46)/b41-39+,42-40+. The van der Waals surface area contributed by atoms with Crippen LogP contribution >= 0.6 is 23.5 Å². The maximum absolute atomic E-state index is 13.4. The Bertz CT molecular complexity index is 2040. The third-order valence-electron chi connectivity index (χ3n) is 9.47. The van der Waals surface area contributed by atoms with Gasteiger partial charge in [-0.05, 0) is 58.0 Å². The number of carbonyl (C=O) groups is 2. The zero-order valence-electron chi connectivity index (χ0n) is 28.0. The van der Waals surface area contributed by atoms with Gasteiger partial charge in [-0.1, -0.05) is 72.8 Å². The maximum atomic E-state index is 13.4. The Labute approximate surface area is 288 Å². The van der Waals surface area contributed by atoms with E-state index in [1.807, 2.05) is 36.8 Å². The van der Waals surface area contributed by atoms with Crippen molar-refractivity contribution in [2.75, 3.05) is 12.5 Å². The molecule has 0 spiro atoms. The Hall–Kier alpha value is -5.20. The van der Waals surface area contributed by atoms with Crippen LogP contribution in [-0.4, -0.2) is 34.7 Å². The number of fused-ring (bicyclic) bond motifs is 2. The summed E-state index contributed by atoms with van der Waals surface area (Å²) in [5.74, 6) is -2.17. The van der Waals surface area contributed by atoms with Crippen LogP contribution in [0.4, 0.5) is 0 Å². The Kier molecular flexibility index (Phi) is 7.81. The molecule has 0 saturated carbocycles. The number of hydrogen-bond donors (Lipinski definition) is 6. The number of allylic oxidation sites excluding steroid dienone is 2. The normalized spacial score (nSPS) is 21.2. The predicted octanol–water partition coefficient (Wildman–Crippen LogP) is 7.66. The van der Waals surface area contributed by atoms with Crippen molar-refractivity contribution in [2.45, 2.75) is 33.5 Å². The van der Waals surface area contributed by atoms with Gasteiger partial charge in [0.25, 0.3) is 0 Å². The molecule has 2 aliphatic carbocycles. The first-order valence-corrected chi connectivity index (χ1v) is 17.2. The number of aliphatic carboxylic acids is 2. The van der Waals surface area contributed by atoms with E-state index in [0.717, 1.165) is 11.1 Å². The largest absolute Gasteiger partial charge is 0.480 e. The quantitative estimate of drug-likeness (QED) is 0.0766. The molecule has 4 aromatic carbocycles. The van der Waals surface area contributed by atoms with Gasteiger partial charge < -0.3 is 21.7 Å². The lowest BCUT2D eigenvalue weighted by Crippen LogP contribution is -2.41. The third-order valence-corrected chi connectivity index (χ3v) is 11.0. The first kappa shape index (κ1) is 30.2. The minimum Gasteiger partial charge on any atom is -0.480 e. The number of rotatable bonds is 9. The fourth-order valence-corrected chi connectivity index (χ4v) is 8.51. The lowest BCUT2D eigenvalue weighted by Gasteiger charge is -2.37. The van der Waals surface area contributed by atoms with Crippen molar-refractivity contribution in [3.63, 3.8) is 0 Å². The van der Waals surface area contributed by atoms with Gasteiger partial charge in [-0.2, -0.15) is 10.2 Å². The average Bonchev–Trinajstić information content (AvgIpc) is 3.13. The molecule has 12 heteroatoms. The Morgan fingerprint density at radius 2 is 1.08 bits per heavy atom. The second-order valence-corrected chi connectivity index (χ2v) is 13.3. The van der Waals surface area contributed by atoms with Crippen LogP contribution < -0.4 is 11.5 Å². The van der Waals surface area contributed by atoms with E-state index in [-0.39, 0.29) is 35.6 Å². The molecule has 0 bridgehead atoms.